The van der Waals surface area contributed by atoms with Gasteiger partial charge < -0.3 is 10.0 Å². The van der Waals surface area contributed by atoms with Gasteiger partial charge in [0.05, 0.1) is 6.04 Å². The maximum atomic E-state index is 14.5. The molecule has 0 bridgehead atoms. The first kappa shape index (κ1) is 22.8. The Balaban J connectivity index is 2.01. The van der Waals surface area contributed by atoms with E-state index in [-0.39, 0.29) is 22.5 Å². The number of carbonyl (C=O) groups excluding carboxylic acids is 1. The lowest BCUT2D eigenvalue weighted by Crippen LogP contribution is -2.43. The zero-order valence-corrected chi connectivity index (χ0v) is 17.2. The Morgan fingerprint density at radius 3 is 2.79 bits per heavy atom. The molecule has 0 saturated carbocycles. The molecule has 1 heterocycles. The summed E-state index contributed by atoms with van der Waals surface area (Å²) in [5.41, 5.74) is -0.329. The van der Waals surface area contributed by atoms with Crippen molar-refractivity contribution in [2.24, 2.45) is 0 Å². The molecule has 1 saturated heterocycles. The molecule has 0 spiro atoms. The van der Waals surface area contributed by atoms with E-state index in [2.05, 4.69) is 6.92 Å². The van der Waals surface area contributed by atoms with E-state index in [1.807, 2.05) is 0 Å². The summed E-state index contributed by atoms with van der Waals surface area (Å²) in [4.78, 5) is 14.1. The summed E-state index contributed by atoms with van der Waals surface area (Å²) in [7, 11) is 0. The van der Waals surface area contributed by atoms with Crippen molar-refractivity contribution in [1.82, 2.24) is 4.90 Å². The number of aliphatic hydroxyl groups excluding tert-OH is 1. The molecule has 1 N–H and O–H groups in total. The number of piperidine rings is 1. The standard InChI is InChI=1S/C22H30ClF2NO2/c1-2-3-4-5-6-15-26-19(11-8-12-21(26)28)13-14-20(27)22(24,25)17-9-7-10-18(23)16-17/h7,9-10,13-14,16,19-20,27H,2-6,8,11-12,15H2,1H3/b14-13+/t19-,20-/m1/s1. The van der Waals surface area contributed by atoms with E-state index in [1.165, 1.54) is 24.6 Å². The molecule has 0 aromatic heterocycles. The summed E-state index contributed by atoms with van der Waals surface area (Å²) in [6, 6.07) is 5.11. The fraction of sp³-hybridized carbons (Fsp3) is 0.591. The number of amides is 1. The number of benzene rings is 1. The van der Waals surface area contributed by atoms with Crippen LogP contribution in [0.1, 0.15) is 63.9 Å². The van der Waals surface area contributed by atoms with E-state index in [1.54, 1.807) is 11.0 Å². The minimum absolute atomic E-state index is 0.0625. The number of alkyl halides is 2. The number of likely N-dealkylation sites (tertiary alicyclic amines) is 1. The summed E-state index contributed by atoms with van der Waals surface area (Å²) >= 11 is 5.79. The molecule has 0 unspecified atom stereocenters. The van der Waals surface area contributed by atoms with Crippen LogP contribution in [0.4, 0.5) is 8.78 Å². The topological polar surface area (TPSA) is 40.5 Å². The average molecular weight is 414 g/mol. The molecule has 3 nitrogen and oxygen atoms in total. The molecule has 0 radical (unpaired) electrons. The minimum Gasteiger partial charge on any atom is -0.382 e. The highest BCUT2D eigenvalue weighted by atomic mass is 35.5. The maximum absolute atomic E-state index is 14.5. The molecule has 1 aromatic rings. The third-order valence-corrected chi connectivity index (χ3v) is 5.45. The van der Waals surface area contributed by atoms with Crippen molar-refractivity contribution in [3.8, 4) is 0 Å². The maximum Gasteiger partial charge on any atom is 0.302 e. The van der Waals surface area contributed by atoms with Crippen LogP contribution in [0, 0.1) is 0 Å². The number of hydrogen-bond acceptors (Lipinski definition) is 2. The largest absolute Gasteiger partial charge is 0.382 e. The molecule has 1 aliphatic rings. The third-order valence-electron chi connectivity index (χ3n) is 5.21. The quantitative estimate of drug-likeness (QED) is 0.394. The normalized spacial score (nSPS) is 19.4. The SMILES string of the molecule is CCCCCCCN1C(=O)CCC[C@@H]1/C=C/[C@@H](O)C(F)(F)c1cccc(Cl)c1. The second kappa shape index (κ2) is 10.9. The Bertz CT molecular complexity index is 666. The zero-order chi connectivity index (χ0) is 20.6. The number of aliphatic hydroxyl groups is 1. The third kappa shape index (κ3) is 6.28. The van der Waals surface area contributed by atoms with Crippen molar-refractivity contribution in [3.05, 3.63) is 47.0 Å². The lowest BCUT2D eigenvalue weighted by atomic mass is 9.98. The molecule has 2 rings (SSSR count). The molecule has 156 valence electrons. The molecular weight excluding hydrogens is 384 g/mol. The summed E-state index contributed by atoms with van der Waals surface area (Å²) in [6.45, 7) is 2.79. The van der Waals surface area contributed by atoms with E-state index < -0.39 is 12.0 Å². The van der Waals surface area contributed by atoms with Crippen molar-refractivity contribution in [3.63, 3.8) is 0 Å². The monoisotopic (exact) mass is 413 g/mol. The fourth-order valence-electron chi connectivity index (χ4n) is 3.54. The van der Waals surface area contributed by atoms with Crippen LogP contribution in [0.3, 0.4) is 0 Å². The van der Waals surface area contributed by atoms with Gasteiger partial charge in [0.1, 0.15) is 6.10 Å². The average Bonchev–Trinajstić information content (AvgIpc) is 2.67. The Labute approximate surface area is 171 Å². The van der Waals surface area contributed by atoms with Crippen LogP contribution in [0.15, 0.2) is 36.4 Å². The summed E-state index contributed by atoms with van der Waals surface area (Å²) < 4.78 is 29.1. The number of unbranched alkanes of at least 4 members (excludes halogenated alkanes) is 4. The number of nitrogens with zero attached hydrogens (tertiary/aromatic N) is 1. The fourth-order valence-corrected chi connectivity index (χ4v) is 3.73. The number of rotatable bonds is 10. The first-order chi connectivity index (χ1) is 13.4. The van der Waals surface area contributed by atoms with Gasteiger partial charge in [0.2, 0.25) is 5.91 Å². The number of hydrogen-bond donors (Lipinski definition) is 1. The highest BCUT2D eigenvalue weighted by Crippen LogP contribution is 2.34. The van der Waals surface area contributed by atoms with E-state index in [0.717, 1.165) is 50.7 Å². The van der Waals surface area contributed by atoms with Gasteiger partial charge in [0.15, 0.2) is 0 Å². The van der Waals surface area contributed by atoms with Crippen molar-refractivity contribution in [2.45, 2.75) is 76.4 Å². The van der Waals surface area contributed by atoms with Crippen LogP contribution >= 0.6 is 11.6 Å². The number of carbonyl (C=O) groups is 1. The Morgan fingerprint density at radius 2 is 2.07 bits per heavy atom. The lowest BCUT2D eigenvalue weighted by Gasteiger charge is -2.34. The summed E-state index contributed by atoms with van der Waals surface area (Å²) in [6.07, 6.45) is 8.13. The molecule has 2 atom stereocenters. The molecule has 28 heavy (non-hydrogen) atoms. The number of halogens is 3. The van der Waals surface area contributed by atoms with Gasteiger partial charge in [0.25, 0.3) is 0 Å². The van der Waals surface area contributed by atoms with Crippen molar-refractivity contribution >= 4 is 17.5 Å². The van der Waals surface area contributed by atoms with Crippen molar-refractivity contribution < 1.29 is 18.7 Å². The van der Waals surface area contributed by atoms with Gasteiger partial charge >= 0.3 is 5.92 Å². The van der Waals surface area contributed by atoms with Gasteiger partial charge in [-0.05, 0) is 31.4 Å². The minimum atomic E-state index is -3.45. The smallest absolute Gasteiger partial charge is 0.302 e. The van der Waals surface area contributed by atoms with Crippen LogP contribution < -0.4 is 0 Å². The molecular formula is C22H30ClF2NO2. The first-order valence-electron chi connectivity index (χ1n) is 10.2. The van der Waals surface area contributed by atoms with E-state index in [0.29, 0.717) is 13.0 Å². The molecule has 6 heteroatoms. The predicted molar refractivity (Wildman–Crippen MR) is 109 cm³/mol. The highest BCUT2D eigenvalue weighted by molar-refractivity contribution is 6.30. The second-order valence-corrected chi connectivity index (χ2v) is 7.86. The van der Waals surface area contributed by atoms with Gasteiger partial charge in [-0.25, -0.2) is 0 Å². The van der Waals surface area contributed by atoms with E-state index in [9.17, 15) is 18.7 Å². The van der Waals surface area contributed by atoms with Crippen LogP contribution in [-0.4, -0.2) is 34.6 Å². The van der Waals surface area contributed by atoms with E-state index in [4.69, 9.17) is 11.6 Å². The van der Waals surface area contributed by atoms with Crippen LogP contribution in [0.5, 0.6) is 0 Å². The van der Waals surface area contributed by atoms with Crippen molar-refractivity contribution in [1.29, 1.82) is 0 Å². The predicted octanol–water partition coefficient (Wildman–Crippen LogP) is 5.70. The van der Waals surface area contributed by atoms with Crippen LogP contribution in [-0.2, 0) is 10.7 Å². The van der Waals surface area contributed by atoms with Gasteiger partial charge in [-0.2, -0.15) is 8.78 Å². The lowest BCUT2D eigenvalue weighted by molar-refractivity contribution is -0.135. The van der Waals surface area contributed by atoms with Crippen LogP contribution in [0.25, 0.3) is 0 Å². The zero-order valence-electron chi connectivity index (χ0n) is 16.4. The molecule has 1 fully saturated rings. The Kier molecular flexibility index (Phi) is 8.90. The summed E-state index contributed by atoms with van der Waals surface area (Å²) in [5, 5.41) is 10.3. The summed E-state index contributed by atoms with van der Waals surface area (Å²) in [5.74, 6) is -3.39. The van der Waals surface area contributed by atoms with Gasteiger partial charge in [-0.15, -0.1) is 0 Å². The van der Waals surface area contributed by atoms with E-state index >= 15 is 0 Å². The van der Waals surface area contributed by atoms with Gasteiger partial charge in [-0.3, -0.25) is 4.79 Å². The van der Waals surface area contributed by atoms with Crippen LogP contribution in [0.2, 0.25) is 5.02 Å². The molecule has 0 aliphatic carbocycles. The molecule has 1 aliphatic heterocycles. The van der Waals surface area contributed by atoms with Gasteiger partial charge in [-0.1, -0.05) is 68.5 Å². The molecule has 1 aromatic carbocycles. The Morgan fingerprint density at radius 1 is 1.32 bits per heavy atom. The van der Waals surface area contributed by atoms with Gasteiger partial charge in [0, 0.05) is 23.6 Å². The second-order valence-electron chi connectivity index (χ2n) is 7.42. The first-order valence-corrected chi connectivity index (χ1v) is 10.5. The molecule has 1 amide bonds. The highest BCUT2D eigenvalue weighted by Gasteiger charge is 2.39. The van der Waals surface area contributed by atoms with Crippen molar-refractivity contribution in [2.75, 3.05) is 6.54 Å². The Hall–Kier alpha value is -1.46.